The maximum Gasteiger partial charge on any atom is 0.325 e. The molecule has 1 heterocycles. The molecule has 0 fully saturated rings. The molecule has 0 atom stereocenters. The zero-order valence-electron chi connectivity index (χ0n) is 16.2. The van der Waals surface area contributed by atoms with Crippen molar-refractivity contribution in [3.63, 3.8) is 0 Å². The Balaban J connectivity index is 1.53. The van der Waals surface area contributed by atoms with Gasteiger partial charge in [-0.05, 0) is 55.8 Å². The van der Waals surface area contributed by atoms with Crippen molar-refractivity contribution in [1.82, 2.24) is 5.32 Å². The van der Waals surface area contributed by atoms with E-state index in [1.54, 1.807) is 32.9 Å². The molecule has 0 aliphatic heterocycles. The van der Waals surface area contributed by atoms with Crippen LogP contribution in [-0.4, -0.2) is 24.0 Å². The van der Waals surface area contributed by atoms with Gasteiger partial charge in [0.1, 0.15) is 30.3 Å². The number of hydrogen-bond donors (Lipinski definition) is 1. The number of fused-ring (bicyclic) bond motifs is 1. The second-order valence-corrected chi connectivity index (χ2v) is 7.33. The maximum absolute atomic E-state index is 12.1. The van der Waals surface area contributed by atoms with Gasteiger partial charge in [-0.1, -0.05) is 30.3 Å². The minimum atomic E-state index is -0.597. The van der Waals surface area contributed by atoms with Gasteiger partial charge in [0.15, 0.2) is 5.76 Å². The van der Waals surface area contributed by atoms with Crippen molar-refractivity contribution in [1.29, 1.82) is 0 Å². The first-order chi connectivity index (χ1) is 13.3. The normalized spacial score (nSPS) is 11.2. The Labute approximate surface area is 163 Å². The smallest absolute Gasteiger partial charge is 0.325 e. The van der Waals surface area contributed by atoms with E-state index in [1.165, 1.54) is 0 Å². The van der Waals surface area contributed by atoms with Crippen molar-refractivity contribution in [3.05, 3.63) is 66.1 Å². The quantitative estimate of drug-likeness (QED) is 0.651. The zero-order valence-corrected chi connectivity index (χ0v) is 16.2. The molecule has 0 saturated carbocycles. The fraction of sp³-hybridized carbons (Fsp3) is 0.273. The minimum absolute atomic E-state index is 0.112. The first-order valence-corrected chi connectivity index (χ1v) is 9.00. The van der Waals surface area contributed by atoms with Crippen LogP contribution in [0.25, 0.3) is 10.8 Å². The Hall–Kier alpha value is -3.28. The number of hydrogen-bond acceptors (Lipinski definition) is 5. The highest BCUT2D eigenvalue weighted by molar-refractivity contribution is 5.93. The van der Waals surface area contributed by atoms with Gasteiger partial charge >= 0.3 is 5.97 Å². The molecule has 0 spiro atoms. The standard InChI is InChI=1S/C22H23NO5/c1-22(2,3)28-20(24)13-23-21(25)19-11-10-18(27-19)14-26-17-9-8-15-6-4-5-7-16(15)12-17/h4-12H,13-14H2,1-3H3,(H,23,25). The van der Waals surface area contributed by atoms with Crippen molar-refractivity contribution in [2.75, 3.05) is 6.54 Å². The lowest BCUT2D eigenvalue weighted by molar-refractivity contribution is -0.153. The lowest BCUT2D eigenvalue weighted by atomic mass is 10.1. The van der Waals surface area contributed by atoms with Crippen molar-refractivity contribution < 1.29 is 23.5 Å². The monoisotopic (exact) mass is 381 g/mol. The van der Waals surface area contributed by atoms with E-state index in [0.717, 1.165) is 10.8 Å². The number of esters is 1. The molecule has 1 amide bonds. The van der Waals surface area contributed by atoms with E-state index in [4.69, 9.17) is 13.9 Å². The third-order valence-electron chi connectivity index (χ3n) is 3.80. The summed E-state index contributed by atoms with van der Waals surface area (Å²) < 4.78 is 16.4. The first-order valence-electron chi connectivity index (χ1n) is 9.00. The fourth-order valence-electron chi connectivity index (χ4n) is 2.61. The number of benzene rings is 2. The van der Waals surface area contributed by atoms with Crippen LogP contribution >= 0.6 is 0 Å². The SMILES string of the molecule is CC(C)(C)OC(=O)CNC(=O)c1ccc(COc2ccc3ccccc3c2)o1. The second-order valence-electron chi connectivity index (χ2n) is 7.33. The van der Waals surface area contributed by atoms with Gasteiger partial charge in [0, 0.05) is 0 Å². The van der Waals surface area contributed by atoms with Crippen LogP contribution < -0.4 is 10.1 Å². The highest BCUT2D eigenvalue weighted by atomic mass is 16.6. The lowest BCUT2D eigenvalue weighted by Crippen LogP contribution is -2.34. The third-order valence-corrected chi connectivity index (χ3v) is 3.80. The zero-order chi connectivity index (χ0) is 20.1. The van der Waals surface area contributed by atoms with Crippen molar-refractivity contribution in [3.8, 4) is 5.75 Å². The van der Waals surface area contributed by atoms with Gasteiger partial charge in [-0.25, -0.2) is 0 Å². The molecule has 2 aromatic carbocycles. The summed E-state index contributed by atoms with van der Waals surface area (Å²) in [5.41, 5.74) is -0.597. The van der Waals surface area contributed by atoms with E-state index in [9.17, 15) is 9.59 Å². The molecule has 0 aliphatic carbocycles. The molecular weight excluding hydrogens is 358 g/mol. The van der Waals surface area contributed by atoms with Gasteiger partial charge in [0.25, 0.3) is 5.91 Å². The summed E-state index contributed by atoms with van der Waals surface area (Å²) in [6, 6.07) is 17.1. The summed E-state index contributed by atoms with van der Waals surface area (Å²) in [7, 11) is 0. The average Bonchev–Trinajstić information content (AvgIpc) is 3.12. The van der Waals surface area contributed by atoms with Crippen LogP contribution in [-0.2, 0) is 16.1 Å². The summed E-state index contributed by atoms with van der Waals surface area (Å²) in [6.07, 6.45) is 0. The molecule has 0 bridgehead atoms. The number of carbonyl (C=O) groups excluding carboxylic acids is 2. The lowest BCUT2D eigenvalue weighted by Gasteiger charge is -2.19. The van der Waals surface area contributed by atoms with Crippen molar-refractivity contribution >= 4 is 22.6 Å². The molecule has 3 aromatic rings. The molecule has 0 radical (unpaired) electrons. The van der Waals surface area contributed by atoms with Crippen LogP contribution in [0.1, 0.15) is 37.1 Å². The Morgan fingerprint density at radius 2 is 1.75 bits per heavy atom. The topological polar surface area (TPSA) is 77.8 Å². The van der Waals surface area contributed by atoms with Crippen LogP contribution in [0.3, 0.4) is 0 Å². The van der Waals surface area contributed by atoms with Crippen LogP contribution in [0.5, 0.6) is 5.75 Å². The summed E-state index contributed by atoms with van der Waals surface area (Å²) >= 11 is 0. The van der Waals surface area contributed by atoms with Gasteiger partial charge in [0.05, 0.1) is 0 Å². The predicted molar refractivity (Wildman–Crippen MR) is 105 cm³/mol. The summed E-state index contributed by atoms with van der Waals surface area (Å²) in [4.78, 5) is 23.8. The molecule has 0 unspecified atom stereocenters. The summed E-state index contributed by atoms with van der Waals surface area (Å²) in [6.45, 7) is 5.26. The fourth-order valence-corrected chi connectivity index (χ4v) is 2.61. The maximum atomic E-state index is 12.1. The molecule has 1 aromatic heterocycles. The first kappa shape index (κ1) is 19.5. The molecule has 1 N–H and O–H groups in total. The molecule has 3 rings (SSSR count). The predicted octanol–water partition coefficient (Wildman–Crippen LogP) is 4.08. The molecule has 146 valence electrons. The highest BCUT2D eigenvalue weighted by Crippen LogP contribution is 2.21. The van der Waals surface area contributed by atoms with Gasteiger partial charge in [-0.3, -0.25) is 9.59 Å². The molecule has 0 saturated heterocycles. The van der Waals surface area contributed by atoms with E-state index in [1.807, 2.05) is 42.5 Å². The largest absolute Gasteiger partial charge is 0.486 e. The number of amides is 1. The Morgan fingerprint density at radius 1 is 1.00 bits per heavy atom. The Kier molecular flexibility index (Phi) is 5.68. The summed E-state index contributed by atoms with van der Waals surface area (Å²) in [5.74, 6) is 0.345. The molecule has 0 aliphatic rings. The highest BCUT2D eigenvalue weighted by Gasteiger charge is 2.18. The van der Waals surface area contributed by atoms with Crippen LogP contribution in [0.2, 0.25) is 0 Å². The van der Waals surface area contributed by atoms with Crippen molar-refractivity contribution in [2.45, 2.75) is 33.0 Å². The Bertz CT molecular complexity index is 984. The minimum Gasteiger partial charge on any atom is -0.486 e. The van der Waals surface area contributed by atoms with Gasteiger partial charge < -0.3 is 19.2 Å². The van der Waals surface area contributed by atoms with Crippen molar-refractivity contribution in [2.24, 2.45) is 0 Å². The van der Waals surface area contributed by atoms with E-state index < -0.39 is 17.5 Å². The van der Waals surface area contributed by atoms with Gasteiger partial charge in [-0.2, -0.15) is 0 Å². The van der Waals surface area contributed by atoms with Gasteiger partial charge in [0.2, 0.25) is 0 Å². The van der Waals surface area contributed by atoms with Gasteiger partial charge in [-0.15, -0.1) is 0 Å². The molecular formula is C22H23NO5. The molecule has 28 heavy (non-hydrogen) atoms. The second kappa shape index (κ2) is 8.17. The summed E-state index contributed by atoms with van der Waals surface area (Å²) in [5, 5.41) is 4.70. The number of ether oxygens (including phenoxy) is 2. The van der Waals surface area contributed by atoms with E-state index in [-0.39, 0.29) is 18.9 Å². The van der Waals surface area contributed by atoms with Crippen LogP contribution in [0.15, 0.2) is 59.0 Å². The average molecular weight is 381 g/mol. The Morgan fingerprint density at radius 3 is 2.50 bits per heavy atom. The van der Waals surface area contributed by atoms with E-state index in [0.29, 0.717) is 11.5 Å². The molecule has 6 heteroatoms. The van der Waals surface area contributed by atoms with E-state index >= 15 is 0 Å². The number of furan rings is 1. The third kappa shape index (κ3) is 5.36. The van der Waals surface area contributed by atoms with E-state index in [2.05, 4.69) is 5.32 Å². The molecule has 6 nitrogen and oxygen atoms in total. The van der Waals surface area contributed by atoms with Crippen LogP contribution in [0.4, 0.5) is 0 Å². The van der Waals surface area contributed by atoms with Crippen LogP contribution in [0, 0.1) is 0 Å². The number of nitrogens with one attached hydrogen (secondary N) is 1. The number of carbonyl (C=O) groups is 2. The number of rotatable bonds is 6.